The average molecular weight is 169 g/mol. The third-order valence-electron chi connectivity index (χ3n) is 1.30. The fourth-order valence-corrected chi connectivity index (χ4v) is 0.830. The predicted molar refractivity (Wildman–Crippen MR) is 47.7 cm³/mol. The maximum atomic E-state index is 11.1. The molecule has 0 rings (SSSR count). The van der Waals surface area contributed by atoms with Crippen LogP contribution in [0.1, 0.15) is 20.3 Å². The van der Waals surface area contributed by atoms with E-state index in [1.54, 1.807) is 6.92 Å². The quantitative estimate of drug-likeness (QED) is 0.597. The number of hydrogen-bond donors (Lipinski definition) is 0. The highest BCUT2D eigenvalue weighted by molar-refractivity contribution is 5.67. The second-order valence-electron chi connectivity index (χ2n) is 2.32. The molecule has 0 aliphatic carbocycles. The van der Waals surface area contributed by atoms with Gasteiger partial charge in [-0.2, -0.15) is 0 Å². The van der Waals surface area contributed by atoms with E-state index in [4.69, 9.17) is 11.2 Å². The van der Waals surface area contributed by atoms with Gasteiger partial charge in [-0.25, -0.2) is 4.79 Å². The van der Waals surface area contributed by atoms with Gasteiger partial charge in [0.25, 0.3) is 0 Å². The molecule has 0 saturated heterocycles. The van der Waals surface area contributed by atoms with Gasteiger partial charge in [0.1, 0.15) is 0 Å². The molecule has 12 heavy (non-hydrogen) atoms. The van der Waals surface area contributed by atoms with Gasteiger partial charge in [0, 0.05) is 6.54 Å². The lowest BCUT2D eigenvalue weighted by atomic mass is 10.4. The molecule has 0 spiro atoms. The molecule has 0 aromatic rings. The van der Waals surface area contributed by atoms with E-state index in [9.17, 15) is 4.79 Å². The summed E-state index contributed by atoms with van der Waals surface area (Å²) in [5.41, 5.74) is 0. The summed E-state index contributed by atoms with van der Waals surface area (Å²) in [5, 5.41) is 0. The van der Waals surface area contributed by atoms with Crippen molar-refractivity contribution in [2.45, 2.75) is 20.3 Å². The minimum atomic E-state index is -0.322. The van der Waals surface area contributed by atoms with Crippen molar-refractivity contribution in [3.8, 4) is 12.3 Å². The summed E-state index contributed by atoms with van der Waals surface area (Å²) in [5.74, 6) is 2.42. The lowest BCUT2D eigenvalue weighted by Crippen LogP contribution is -2.32. The molecule has 1 amide bonds. The van der Waals surface area contributed by atoms with Gasteiger partial charge in [-0.3, -0.25) is 4.90 Å². The second kappa shape index (κ2) is 6.53. The number of terminal acetylenes is 1. The van der Waals surface area contributed by atoms with E-state index >= 15 is 0 Å². The Morgan fingerprint density at radius 1 is 1.58 bits per heavy atom. The second-order valence-corrected chi connectivity index (χ2v) is 2.32. The Labute approximate surface area is 73.7 Å². The smallest absolute Gasteiger partial charge is 0.410 e. The molecule has 0 aliphatic heterocycles. The number of amides is 1. The van der Waals surface area contributed by atoms with Crippen LogP contribution in [0.25, 0.3) is 0 Å². The van der Waals surface area contributed by atoms with Crippen molar-refractivity contribution < 1.29 is 9.53 Å². The van der Waals surface area contributed by atoms with Crippen LogP contribution in [0, 0.1) is 12.3 Å². The molecule has 0 heterocycles. The maximum Gasteiger partial charge on any atom is 0.410 e. The largest absolute Gasteiger partial charge is 0.450 e. The summed E-state index contributed by atoms with van der Waals surface area (Å²) in [4.78, 5) is 12.6. The Morgan fingerprint density at radius 2 is 2.25 bits per heavy atom. The molecule has 3 heteroatoms. The van der Waals surface area contributed by atoms with Crippen molar-refractivity contribution in [2.24, 2.45) is 0 Å². The highest BCUT2D eigenvalue weighted by Crippen LogP contribution is 1.95. The van der Waals surface area contributed by atoms with Crippen LogP contribution in [0.3, 0.4) is 0 Å². The van der Waals surface area contributed by atoms with E-state index in [1.165, 1.54) is 4.90 Å². The summed E-state index contributed by atoms with van der Waals surface area (Å²) in [7, 11) is 0. The fourth-order valence-electron chi connectivity index (χ4n) is 0.830. The Balaban J connectivity index is 3.92. The maximum absolute atomic E-state index is 11.1. The number of hydrogen-bond acceptors (Lipinski definition) is 2. The zero-order valence-electron chi connectivity index (χ0n) is 7.67. The number of nitrogens with zero attached hydrogens (tertiary/aromatic N) is 1. The van der Waals surface area contributed by atoms with Crippen LogP contribution in [0.4, 0.5) is 4.79 Å². The number of carbonyl (C=O) groups is 1. The van der Waals surface area contributed by atoms with Crippen LogP contribution < -0.4 is 0 Å². The minimum absolute atomic E-state index is 0.322. The van der Waals surface area contributed by atoms with Gasteiger partial charge in [0.05, 0.1) is 13.2 Å². The van der Waals surface area contributed by atoms with Crippen molar-refractivity contribution >= 4 is 6.09 Å². The molecule has 3 nitrogen and oxygen atoms in total. The van der Waals surface area contributed by atoms with Gasteiger partial charge < -0.3 is 4.74 Å². The van der Waals surface area contributed by atoms with Crippen LogP contribution in [-0.4, -0.2) is 30.7 Å². The van der Waals surface area contributed by atoms with Crippen molar-refractivity contribution in [3.63, 3.8) is 0 Å². The SMILES string of the molecule is C#CCN(CCC)C(=O)OCC. The molecular weight excluding hydrogens is 154 g/mol. The summed E-state index contributed by atoms with van der Waals surface area (Å²) >= 11 is 0. The average Bonchev–Trinajstić information content (AvgIpc) is 2.04. The molecule has 0 aromatic heterocycles. The molecular formula is C9H15NO2. The van der Waals surface area contributed by atoms with Crippen molar-refractivity contribution in [1.82, 2.24) is 4.90 Å². The molecule has 0 radical (unpaired) electrons. The monoisotopic (exact) mass is 169 g/mol. The normalized spacial score (nSPS) is 8.75. The molecule has 0 unspecified atom stereocenters. The standard InChI is InChI=1S/C9H15NO2/c1-4-7-10(8-5-2)9(11)12-6-3/h1H,5-8H2,2-3H3. The zero-order chi connectivity index (χ0) is 9.40. The number of ether oxygens (including phenoxy) is 1. The van der Waals surface area contributed by atoms with Crippen LogP contribution in [0.15, 0.2) is 0 Å². The minimum Gasteiger partial charge on any atom is -0.450 e. The first kappa shape index (κ1) is 10.8. The van der Waals surface area contributed by atoms with Gasteiger partial charge in [-0.15, -0.1) is 6.42 Å². The summed E-state index contributed by atoms with van der Waals surface area (Å²) < 4.78 is 4.80. The van der Waals surface area contributed by atoms with Crippen molar-refractivity contribution in [2.75, 3.05) is 19.7 Å². The first-order chi connectivity index (χ1) is 5.76. The van der Waals surface area contributed by atoms with Crippen LogP contribution in [-0.2, 0) is 4.74 Å². The molecule has 0 atom stereocenters. The van der Waals surface area contributed by atoms with E-state index in [2.05, 4.69) is 5.92 Å². The lowest BCUT2D eigenvalue weighted by molar-refractivity contribution is 0.112. The Kier molecular flexibility index (Phi) is 5.90. The Bertz CT molecular complexity index is 172. The third kappa shape index (κ3) is 3.87. The molecule has 0 bridgehead atoms. The van der Waals surface area contributed by atoms with E-state index in [-0.39, 0.29) is 6.09 Å². The topological polar surface area (TPSA) is 29.5 Å². The van der Waals surface area contributed by atoms with E-state index in [1.807, 2.05) is 6.92 Å². The molecule has 0 saturated carbocycles. The molecule has 0 fully saturated rings. The molecule has 0 N–H and O–H groups in total. The summed E-state index contributed by atoms with van der Waals surface area (Å²) in [6.07, 6.45) is 5.66. The van der Waals surface area contributed by atoms with Gasteiger partial charge in [-0.1, -0.05) is 12.8 Å². The molecule has 0 aromatic carbocycles. The van der Waals surface area contributed by atoms with E-state index < -0.39 is 0 Å². The third-order valence-corrected chi connectivity index (χ3v) is 1.30. The van der Waals surface area contributed by atoms with Gasteiger partial charge in [0.2, 0.25) is 0 Å². The van der Waals surface area contributed by atoms with Gasteiger partial charge in [0.15, 0.2) is 0 Å². The van der Waals surface area contributed by atoms with E-state index in [0.717, 1.165) is 6.42 Å². The molecule has 68 valence electrons. The van der Waals surface area contributed by atoms with Gasteiger partial charge in [-0.05, 0) is 13.3 Å². The highest BCUT2D eigenvalue weighted by Gasteiger charge is 2.10. The highest BCUT2D eigenvalue weighted by atomic mass is 16.6. The fraction of sp³-hybridized carbons (Fsp3) is 0.667. The van der Waals surface area contributed by atoms with Crippen LogP contribution in [0.2, 0.25) is 0 Å². The van der Waals surface area contributed by atoms with Crippen molar-refractivity contribution in [1.29, 1.82) is 0 Å². The van der Waals surface area contributed by atoms with Crippen LogP contribution >= 0.6 is 0 Å². The predicted octanol–water partition coefficient (Wildman–Crippen LogP) is 1.49. The van der Waals surface area contributed by atoms with Gasteiger partial charge >= 0.3 is 6.09 Å². The molecule has 0 aliphatic rings. The Hall–Kier alpha value is -1.17. The number of rotatable bonds is 4. The van der Waals surface area contributed by atoms with Crippen LogP contribution in [0.5, 0.6) is 0 Å². The lowest BCUT2D eigenvalue weighted by Gasteiger charge is -2.17. The number of carbonyl (C=O) groups excluding carboxylic acids is 1. The van der Waals surface area contributed by atoms with E-state index in [0.29, 0.717) is 19.7 Å². The summed E-state index contributed by atoms with van der Waals surface area (Å²) in [6.45, 7) is 5.14. The zero-order valence-corrected chi connectivity index (χ0v) is 7.67. The van der Waals surface area contributed by atoms with Crippen molar-refractivity contribution in [3.05, 3.63) is 0 Å². The summed E-state index contributed by atoms with van der Waals surface area (Å²) in [6, 6.07) is 0. The Morgan fingerprint density at radius 3 is 2.67 bits per heavy atom. The first-order valence-corrected chi connectivity index (χ1v) is 4.11. The first-order valence-electron chi connectivity index (χ1n) is 4.11.